The Hall–Kier alpha value is 1.16. The van der Waals surface area contributed by atoms with Crippen LogP contribution >= 0.6 is 27.6 Å². The van der Waals surface area contributed by atoms with Gasteiger partial charge in [0.15, 0.2) is 0 Å². The molecule has 2 atom stereocenters. The first-order valence-electron chi connectivity index (χ1n) is 2.03. The molecule has 0 aromatic rings. The SMILES string of the molecule is [2H]C(C)P(C)I. The molecule has 0 aliphatic carbocycles. The average molecular weight is 203 g/mol. The van der Waals surface area contributed by atoms with Gasteiger partial charge < -0.3 is 0 Å². The average Bonchev–Trinajstić information content (AvgIpc) is 1.36. The van der Waals surface area contributed by atoms with Crippen LogP contribution in [0.25, 0.3) is 0 Å². The highest BCUT2D eigenvalue weighted by Gasteiger charge is 1.81. The molecule has 0 aromatic carbocycles. The summed E-state index contributed by atoms with van der Waals surface area (Å²) in [6.45, 7) is 4.03. The highest BCUT2D eigenvalue weighted by atomic mass is 127. The van der Waals surface area contributed by atoms with Crippen LogP contribution in [0.5, 0.6) is 0 Å². The summed E-state index contributed by atoms with van der Waals surface area (Å²) >= 11 is 2.31. The van der Waals surface area contributed by atoms with Gasteiger partial charge in [-0.2, -0.15) is 0 Å². The topological polar surface area (TPSA) is 0 Å². The summed E-state index contributed by atoms with van der Waals surface area (Å²) < 4.78 is 7.05. The monoisotopic (exact) mass is 203 g/mol. The molecule has 0 heterocycles. The van der Waals surface area contributed by atoms with E-state index in [4.69, 9.17) is 1.37 Å². The lowest BCUT2D eigenvalue weighted by molar-refractivity contribution is 1.52. The van der Waals surface area contributed by atoms with Crippen molar-refractivity contribution in [1.29, 1.82) is 0 Å². The third-order valence-electron chi connectivity index (χ3n) is 0.356. The Labute approximate surface area is 49.0 Å². The Balaban J connectivity index is 2.99. The quantitative estimate of drug-likeness (QED) is 0.453. The minimum Gasteiger partial charge on any atom is -0.0607 e. The van der Waals surface area contributed by atoms with Crippen molar-refractivity contribution in [3.8, 4) is 0 Å². The van der Waals surface area contributed by atoms with Crippen molar-refractivity contribution in [2.75, 3.05) is 12.8 Å². The zero-order chi connectivity index (χ0) is 5.15. The molecule has 2 heteroatoms. The van der Waals surface area contributed by atoms with Crippen molar-refractivity contribution in [1.82, 2.24) is 0 Å². The molecule has 0 nitrogen and oxygen atoms in total. The Morgan fingerprint density at radius 3 is 2.40 bits per heavy atom. The maximum absolute atomic E-state index is 7.05. The van der Waals surface area contributed by atoms with Crippen molar-refractivity contribution < 1.29 is 1.37 Å². The second-order valence-corrected chi connectivity index (χ2v) is 6.91. The predicted octanol–water partition coefficient (Wildman–Crippen LogP) is 2.47. The molecule has 0 radical (unpaired) electrons. The van der Waals surface area contributed by atoms with Crippen molar-refractivity contribution in [2.24, 2.45) is 0 Å². The standard InChI is InChI=1S/C3H8IP/c1-3-5(2)4/h3H2,1-2H3/i3D. The van der Waals surface area contributed by atoms with E-state index in [0.717, 1.165) is 0 Å². The molecule has 0 bridgehead atoms. The molecule has 2 unspecified atom stereocenters. The van der Waals surface area contributed by atoms with Crippen LogP contribution in [0.2, 0.25) is 0 Å². The maximum Gasteiger partial charge on any atom is 0.0320 e. The van der Waals surface area contributed by atoms with Gasteiger partial charge in [0.05, 0.1) is 0 Å². The summed E-state index contributed by atoms with van der Waals surface area (Å²) in [5.74, 6) is 0. The van der Waals surface area contributed by atoms with Gasteiger partial charge >= 0.3 is 0 Å². The molecule has 0 aliphatic heterocycles. The van der Waals surface area contributed by atoms with Gasteiger partial charge in [-0.25, -0.2) is 0 Å². The minimum absolute atomic E-state index is 0.0228. The second kappa shape index (κ2) is 3.35. The molecule has 0 aromatic heterocycles. The van der Waals surface area contributed by atoms with Gasteiger partial charge in [-0.15, -0.1) is 0 Å². The fourth-order valence-corrected chi connectivity index (χ4v) is 0. The zero-order valence-electron chi connectivity index (χ0n) is 4.40. The summed E-state index contributed by atoms with van der Waals surface area (Å²) in [5, 5.41) is 0. The lowest BCUT2D eigenvalue weighted by Crippen LogP contribution is -1.57. The second-order valence-electron chi connectivity index (χ2n) is 0.783. The van der Waals surface area contributed by atoms with E-state index < -0.39 is 0 Å². The number of rotatable bonds is 1. The maximum atomic E-state index is 7.05. The van der Waals surface area contributed by atoms with E-state index in [9.17, 15) is 0 Å². The molecule has 0 amide bonds. The van der Waals surface area contributed by atoms with Gasteiger partial charge in [-0.1, -0.05) is 29.0 Å². The zero-order valence-corrected chi connectivity index (χ0v) is 6.45. The van der Waals surface area contributed by atoms with Gasteiger partial charge in [-0.3, -0.25) is 0 Å². The van der Waals surface area contributed by atoms with Crippen molar-refractivity contribution in [2.45, 2.75) is 6.92 Å². The predicted molar refractivity (Wildman–Crippen MR) is 37.4 cm³/mol. The van der Waals surface area contributed by atoms with Crippen LogP contribution in [0, 0.1) is 0 Å². The first-order valence-corrected chi connectivity index (χ1v) is 6.10. The van der Waals surface area contributed by atoms with E-state index in [1.165, 1.54) is 0 Å². The molecule has 0 saturated heterocycles. The van der Waals surface area contributed by atoms with Crippen LogP contribution in [-0.2, 0) is 0 Å². The summed E-state index contributed by atoms with van der Waals surface area (Å²) in [7, 11) is 0. The van der Waals surface area contributed by atoms with Gasteiger partial charge in [0, 0.05) is 1.37 Å². The number of hydrogen-bond acceptors (Lipinski definition) is 0. The molecule has 0 rings (SSSR count). The van der Waals surface area contributed by atoms with Gasteiger partial charge in [0.1, 0.15) is 0 Å². The number of halogens is 1. The third kappa shape index (κ3) is 5.16. The summed E-state index contributed by atoms with van der Waals surface area (Å²) in [6.07, 6.45) is 0.153. The van der Waals surface area contributed by atoms with Gasteiger partial charge in [-0.05, 0) is 18.4 Å². The fraction of sp³-hybridized carbons (Fsp3) is 1.00. The van der Waals surface area contributed by atoms with E-state index in [-0.39, 0.29) is 11.7 Å². The molecular weight excluding hydrogens is 194 g/mol. The van der Waals surface area contributed by atoms with Gasteiger partial charge in [0.2, 0.25) is 0 Å². The third-order valence-corrected chi connectivity index (χ3v) is 2.74. The van der Waals surface area contributed by atoms with Crippen LogP contribution in [0.4, 0.5) is 0 Å². The summed E-state index contributed by atoms with van der Waals surface area (Å²) in [6, 6.07) is 0. The van der Waals surface area contributed by atoms with Crippen molar-refractivity contribution in [3.63, 3.8) is 0 Å². The molecule has 5 heavy (non-hydrogen) atoms. The van der Waals surface area contributed by atoms with Crippen LogP contribution in [0.1, 0.15) is 8.29 Å². The molecule has 0 N–H and O–H groups in total. The van der Waals surface area contributed by atoms with Crippen LogP contribution in [0.15, 0.2) is 0 Å². The number of hydrogen-bond donors (Lipinski definition) is 0. The van der Waals surface area contributed by atoms with E-state index in [1.807, 2.05) is 6.92 Å². The largest absolute Gasteiger partial charge is 0.0607 e. The highest BCUT2D eigenvalue weighted by molar-refractivity contribution is 14.2. The molecule has 0 aliphatic rings. The van der Waals surface area contributed by atoms with E-state index in [1.54, 1.807) is 0 Å². The fourth-order valence-electron chi connectivity index (χ4n) is 0. The molecule has 0 fully saturated rings. The Morgan fingerprint density at radius 1 is 2.20 bits per heavy atom. The normalized spacial score (nSPS) is 24.2. The minimum atomic E-state index is -0.0228. The van der Waals surface area contributed by atoms with E-state index >= 15 is 0 Å². The highest BCUT2D eigenvalue weighted by Crippen LogP contribution is 2.38. The van der Waals surface area contributed by atoms with Crippen molar-refractivity contribution >= 4 is 27.6 Å². The smallest absolute Gasteiger partial charge is 0.0320 e. The Kier molecular flexibility index (Phi) is 2.90. The van der Waals surface area contributed by atoms with Crippen molar-refractivity contribution in [3.05, 3.63) is 0 Å². The van der Waals surface area contributed by atoms with Gasteiger partial charge in [0.25, 0.3) is 0 Å². The molecule has 0 saturated carbocycles. The molecule has 0 spiro atoms. The first-order chi connectivity index (χ1) is 2.64. The Bertz CT molecular complexity index is 31.8. The van der Waals surface area contributed by atoms with E-state index in [2.05, 4.69) is 28.7 Å². The molecule has 32 valence electrons. The van der Waals surface area contributed by atoms with E-state index in [0.29, 0.717) is 0 Å². The lowest BCUT2D eigenvalue weighted by atomic mass is 11.0. The summed E-state index contributed by atoms with van der Waals surface area (Å²) in [4.78, 5) is 0. The van der Waals surface area contributed by atoms with Crippen LogP contribution in [-0.4, -0.2) is 12.8 Å². The van der Waals surface area contributed by atoms with Crippen LogP contribution in [0.3, 0.4) is 0 Å². The summed E-state index contributed by atoms with van der Waals surface area (Å²) in [5.41, 5.74) is -0.0228. The lowest BCUT2D eigenvalue weighted by Gasteiger charge is -1.89. The first kappa shape index (κ1) is 4.32. The Morgan fingerprint density at radius 2 is 2.40 bits per heavy atom. The molecular formula is C3H8IP. The van der Waals surface area contributed by atoms with Crippen LogP contribution < -0.4 is 0 Å².